The number of hydrogen-bond acceptors (Lipinski definition) is 3. The summed E-state index contributed by atoms with van der Waals surface area (Å²) in [7, 11) is -3.68. The summed E-state index contributed by atoms with van der Waals surface area (Å²) in [5.74, 6) is 0.606. The van der Waals surface area contributed by atoms with E-state index in [1.807, 2.05) is 24.3 Å². The van der Waals surface area contributed by atoms with Crippen molar-refractivity contribution in [3.8, 4) is 5.75 Å². The molecule has 0 aromatic heterocycles. The normalized spacial score (nSPS) is 11.3. The maximum absolute atomic E-state index is 11.3. The Kier molecular flexibility index (Phi) is 4.47. The van der Waals surface area contributed by atoms with E-state index in [0.29, 0.717) is 17.9 Å². The summed E-state index contributed by atoms with van der Waals surface area (Å²) in [6.45, 7) is 2.10. The second-order valence-corrected chi connectivity index (χ2v) is 6.84. The van der Waals surface area contributed by atoms with Crippen molar-refractivity contribution in [2.45, 2.75) is 18.4 Å². The number of sulfonamides is 1. The molecule has 0 bridgehead atoms. The molecule has 4 nitrogen and oxygen atoms in total. The molecule has 0 saturated carbocycles. The molecule has 0 spiro atoms. The Hall–Kier alpha value is -1.37. The van der Waals surface area contributed by atoms with E-state index >= 15 is 0 Å². The third-order valence-corrected chi connectivity index (χ3v) is 4.31. The Labute approximate surface area is 126 Å². The molecule has 106 valence electrons. The minimum absolute atomic E-state index is 0.118. The van der Waals surface area contributed by atoms with Gasteiger partial charge in [0.15, 0.2) is 0 Å². The van der Waals surface area contributed by atoms with Gasteiger partial charge in [0.1, 0.15) is 12.4 Å². The molecule has 6 heteroatoms. The highest BCUT2D eigenvalue weighted by atomic mass is 79.9. The number of benzene rings is 2. The van der Waals surface area contributed by atoms with Crippen LogP contribution in [0.25, 0.3) is 0 Å². The van der Waals surface area contributed by atoms with Crippen LogP contribution < -0.4 is 9.88 Å². The summed E-state index contributed by atoms with van der Waals surface area (Å²) in [4.78, 5) is 0.118. The molecule has 0 unspecified atom stereocenters. The van der Waals surface area contributed by atoms with Crippen molar-refractivity contribution in [2.75, 3.05) is 0 Å². The van der Waals surface area contributed by atoms with Gasteiger partial charge in [-0.1, -0.05) is 28.1 Å². The molecule has 20 heavy (non-hydrogen) atoms. The second kappa shape index (κ2) is 5.95. The maximum Gasteiger partial charge on any atom is 0.238 e. The Balaban J connectivity index is 2.14. The number of rotatable bonds is 4. The standard InChI is InChI=1S/C14H14BrNO3S/c1-10-7-13(5-6-14(10)20(16,17)18)19-9-11-3-2-4-12(15)8-11/h2-8H,9H2,1H3,(H2,16,17,18). The van der Waals surface area contributed by atoms with E-state index in [-0.39, 0.29) is 4.90 Å². The first-order valence-electron chi connectivity index (χ1n) is 5.87. The molecule has 2 N–H and O–H groups in total. The number of nitrogens with two attached hydrogens (primary N) is 1. The van der Waals surface area contributed by atoms with Crippen molar-refractivity contribution < 1.29 is 13.2 Å². The van der Waals surface area contributed by atoms with Crippen LogP contribution in [0.3, 0.4) is 0 Å². The van der Waals surface area contributed by atoms with Gasteiger partial charge in [-0.05, 0) is 48.4 Å². The van der Waals surface area contributed by atoms with E-state index in [2.05, 4.69) is 15.9 Å². The van der Waals surface area contributed by atoms with Crippen molar-refractivity contribution in [2.24, 2.45) is 5.14 Å². The SMILES string of the molecule is Cc1cc(OCc2cccc(Br)c2)ccc1S(N)(=O)=O. The monoisotopic (exact) mass is 355 g/mol. The smallest absolute Gasteiger partial charge is 0.238 e. The lowest BCUT2D eigenvalue weighted by Crippen LogP contribution is -2.13. The predicted molar refractivity (Wildman–Crippen MR) is 81.0 cm³/mol. The molecule has 0 heterocycles. The maximum atomic E-state index is 11.3. The van der Waals surface area contributed by atoms with Crippen LogP contribution >= 0.6 is 15.9 Å². The zero-order valence-corrected chi connectivity index (χ0v) is 13.2. The van der Waals surface area contributed by atoms with Gasteiger partial charge in [-0.25, -0.2) is 13.6 Å². The van der Waals surface area contributed by atoms with E-state index in [1.54, 1.807) is 19.1 Å². The van der Waals surface area contributed by atoms with Gasteiger partial charge in [0.2, 0.25) is 10.0 Å². The third kappa shape index (κ3) is 3.82. The summed E-state index contributed by atoms with van der Waals surface area (Å²) in [5.41, 5.74) is 1.59. The van der Waals surface area contributed by atoms with E-state index in [0.717, 1.165) is 10.0 Å². The summed E-state index contributed by atoms with van der Waals surface area (Å²) in [6, 6.07) is 12.5. The fraction of sp³-hybridized carbons (Fsp3) is 0.143. The van der Waals surface area contributed by atoms with Crippen LogP contribution in [0.5, 0.6) is 5.75 Å². The lowest BCUT2D eigenvalue weighted by Gasteiger charge is -2.09. The number of halogens is 1. The molecule has 0 radical (unpaired) electrons. The van der Waals surface area contributed by atoms with Gasteiger partial charge in [0, 0.05) is 4.47 Å². The summed E-state index contributed by atoms with van der Waals surface area (Å²) in [5, 5.41) is 5.12. The molecule has 0 amide bonds. The third-order valence-electron chi connectivity index (χ3n) is 2.75. The summed E-state index contributed by atoms with van der Waals surface area (Å²) < 4.78 is 29.3. The van der Waals surface area contributed by atoms with Crippen molar-refractivity contribution in [3.05, 3.63) is 58.1 Å². The Bertz CT molecular complexity index is 729. The molecule has 0 saturated heterocycles. The lowest BCUT2D eigenvalue weighted by atomic mass is 10.2. The first kappa shape index (κ1) is 15.0. The first-order chi connectivity index (χ1) is 9.36. The van der Waals surface area contributed by atoms with Crippen molar-refractivity contribution in [1.29, 1.82) is 0 Å². The molecular formula is C14H14BrNO3S. The molecule has 0 aliphatic heterocycles. The molecule has 0 aliphatic carbocycles. The quantitative estimate of drug-likeness (QED) is 0.916. The highest BCUT2D eigenvalue weighted by molar-refractivity contribution is 9.10. The van der Waals surface area contributed by atoms with Gasteiger partial charge in [-0.3, -0.25) is 0 Å². The fourth-order valence-electron chi connectivity index (χ4n) is 1.82. The molecule has 0 fully saturated rings. The van der Waals surface area contributed by atoms with Crippen LogP contribution in [0.1, 0.15) is 11.1 Å². The second-order valence-electron chi connectivity index (χ2n) is 4.39. The number of aryl methyl sites for hydroxylation is 1. The molecule has 0 atom stereocenters. The van der Waals surface area contributed by atoms with E-state index in [4.69, 9.17) is 9.88 Å². The van der Waals surface area contributed by atoms with Crippen LogP contribution in [-0.4, -0.2) is 8.42 Å². The van der Waals surface area contributed by atoms with Gasteiger partial charge in [0.05, 0.1) is 4.90 Å². The minimum Gasteiger partial charge on any atom is -0.489 e. The molecule has 2 aromatic rings. The van der Waals surface area contributed by atoms with E-state index in [1.165, 1.54) is 6.07 Å². The average Bonchev–Trinajstić information content (AvgIpc) is 2.35. The minimum atomic E-state index is -3.68. The first-order valence-corrected chi connectivity index (χ1v) is 8.21. The van der Waals surface area contributed by atoms with Crippen LogP contribution in [0.15, 0.2) is 51.8 Å². The van der Waals surface area contributed by atoms with Crippen molar-refractivity contribution in [3.63, 3.8) is 0 Å². The topological polar surface area (TPSA) is 69.4 Å². The summed E-state index contributed by atoms with van der Waals surface area (Å²) >= 11 is 3.40. The predicted octanol–water partition coefficient (Wildman–Crippen LogP) is 2.98. The Morgan fingerprint density at radius 2 is 1.95 bits per heavy atom. The largest absolute Gasteiger partial charge is 0.489 e. The van der Waals surface area contributed by atoms with Gasteiger partial charge in [0.25, 0.3) is 0 Å². The van der Waals surface area contributed by atoms with Crippen LogP contribution in [0, 0.1) is 6.92 Å². The molecular weight excluding hydrogens is 342 g/mol. The van der Waals surface area contributed by atoms with Crippen LogP contribution in [0.4, 0.5) is 0 Å². The van der Waals surface area contributed by atoms with Crippen molar-refractivity contribution in [1.82, 2.24) is 0 Å². The lowest BCUT2D eigenvalue weighted by molar-refractivity contribution is 0.305. The highest BCUT2D eigenvalue weighted by Crippen LogP contribution is 2.21. The number of hydrogen-bond donors (Lipinski definition) is 1. The fourth-order valence-corrected chi connectivity index (χ4v) is 3.04. The molecule has 2 aromatic carbocycles. The van der Waals surface area contributed by atoms with Crippen molar-refractivity contribution >= 4 is 26.0 Å². The zero-order valence-electron chi connectivity index (χ0n) is 10.8. The zero-order chi connectivity index (χ0) is 14.8. The number of primary sulfonamides is 1. The molecule has 0 aliphatic rings. The van der Waals surface area contributed by atoms with E-state index in [9.17, 15) is 8.42 Å². The van der Waals surface area contributed by atoms with Gasteiger partial charge in [-0.15, -0.1) is 0 Å². The average molecular weight is 356 g/mol. The van der Waals surface area contributed by atoms with Crippen LogP contribution in [0.2, 0.25) is 0 Å². The Morgan fingerprint density at radius 1 is 1.20 bits per heavy atom. The summed E-state index contributed by atoms with van der Waals surface area (Å²) in [6.07, 6.45) is 0. The number of ether oxygens (including phenoxy) is 1. The Morgan fingerprint density at radius 3 is 2.55 bits per heavy atom. The van der Waals surface area contributed by atoms with E-state index < -0.39 is 10.0 Å². The molecule has 2 rings (SSSR count). The highest BCUT2D eigenvalue weighted by Gasteiger charge is 2.11. The van der Waals surface area contributed by atoms with Gasteiger partial charge < -0.3 is 4.74 Å². The van der Waals surface area contributed by atoms with Gasteiger partial charge >= 0.3 is 0 Å². The van der Waals surface area contributed by atoms with Gasteiger partial charge in [-0.2, -0.15) is 0 Å². The van der Waals surface area contributed by atoms with Crippen LogP contribution in [-0.2, 0) is 16.6 Å².